The van der Waals surface area contributed by atoms with Crippen LogP contribution in [0.3, 0.4) is 0 Å². The Kier molecular flexibility index (Phi) is 7.56. The van der Waals surface area contributed by atoms with E-state index in [0.717, 1.165) is 22.2 Å². The third-order valence-corrected chi connectivity index (χ3v) is 5.90. The van der Waals surface area contributed by atoms with Gasteiger partial charge in [0.05, 0.1) is 35.2 Å². The number of esters is 1. The minimum absolute atomic E-state index is 0.180. The molecule has 0 radical (unpaired) electrons. The molecule has 10 heteroatoms. The fourth-order valence-corrected chi connectivity index (χ4v) is 4.19. The first-order valence-electron chi connectivity index (χ1n) is 9.17. The molecule has 2 amide bonds. The average Bonchev–Trinajstić information content (AvgIpc) is 3.05. The Balaban J connectivity index is 1.80. The third kappa shape index (κ3) is 5.30. The van der Waals surface area contributed by atoms with E-state index in [2.05, 4.69) is 26.7 Å². The molecule has 2 aromatic rings. The standard InChI is InChI=1S/C22H17BrN2O6S/c1-29-17-8-15(9-18-21(27)25(22(28)32-18)11-19(26)30-2)7-16(23)20(17)31-12-14-5-3-13(10-24)4-6-14/h3-9H,11-12H2,1-2H3/b18-9-. The van der Waals surface area contributed by atoms with Gasteiger partial charge >= 0.3 is 5.97 Å². The van der Waals surface area contributed by atoms with Gasteiger partial charge in [-0.3, -0.25) is 19.3 Å². The fraction of sp³-hybridized carbons (Fsp3) is 0.182. The van der Waals surface area contributed by atoms with Gasteiger partial charge in [-0.15, -0.1) is 0 Å². The summed E-state index contributed by atoms with van der Waals surface area (Å²) in [6, 6.07) is 12.5. The maximum atomic E-state index is 12.5. The molecule has 1 heterocycles. The molecule has 1 fully saturated rings. The fourth-order valence-electron chi connectivity index (χ4n) is 2.78. The number of amides is 2. The smallest absolute Gasteiger partial charge is 0.325 e. The van der Waals surface area contributed by atoms with E-state index in [4.69, 9.17) is 14.7 Å². The quantitative estimate of drug-likeness (QED) is 0.399. The van der Waals surface area contributed by atoms with Crippen LogP contribution < -0.4 is 9.47 Å². The molecule has 0 saturated carbocycles. The molecule has 1 aliphatic heterocycles. The number of thioether (sulfide) groups is 1. The van der Waals surface area contributed by atoms with Crippen molar-refractivity contribution in [3.05, 3.63) is 62.5 Å². The number of imide groups is 1. The molecule has 0 atom stereocenters. The van der Waals surface area contributed by atoms with Crippen LogP contribution >= 0.6 is 27.7 Å². The zero-order valence-corrected chi connectivity index (χ0v) is 19.5. The van der Waals surface area contributed by atoms with E-state index < -0.39 is 23.7 Å². The molecule has 0 N–H and O–H groups in total. The summed E-state index contributed by atoms with van der Waals surface area (Å²) in [5, 5.41) is 8.35. The topological polar surface area (TPSA) is 106 Å². The van der Waals surface area contributed by atoms with E-state index in [1.54, 1.807) is 42.5 Å². The van der Waals surface area contributed by atoms with Crippen molar-refractivity contribution in [2.75, 3.05) is 20.8 Å². The van der Waals surface area contributed by atoms with Gasteiger partial charge in [-0.1, -0.05) is 12.1 Å². The van der Waals surface area contributed by atoms with E-state index in [0.29, 0.717) is 27.1 Å². The number of methoxy groups -OCH3 is 2. The van der Waals surface area contributed by atoms with Gasteiger partial charge in [0.15, 0.2) is 11.5 Å². The van der Waals surface area contributed by atoms with Gasteiger partial charge in [-0.05, 0) is 69.2 Å². The summed E-state index contributed by atoms with van der Waals surface area (Å²) in [5.41, 5.74) is 2.04. The first-order chi connectivity index (χ1) is 15.4. The van der Waals surface area contributed by atoms with Crippen molar-refractivity contribution in [2.24, 2.45) is 0 Å². The molecule has 1 saturated heterocycles. The molecule has 32 heavy (non-hydrogen) atoms. The van der Waals surface area contributed by atoms with Crippen LogP contribution in [-0.4, -0.2) is 42.8 Å². The van der Waals surface area contributed by atoms with Gasteiger partial charge in [0, 0.05) is 0 Å². The highest BCUT2D eigenvalue weighted by Gasteiger charge is 2.36. The Labute approximate surface area is 196 Å². The minimum Gasteiger partial charge on any atom is -0.493 e. The Bertz CT molecular complexity index is 1140. The van der Waals surface area contributed by atoms with Crippen LogP contribution in [0.5, 0.6) is 11.5 Å². The van der Waals surface area contributed by atoms with Crippen LogP contribution in [0.25, 0.3) is 6.08 Å². The second kappa shape index (κ2) is 10.3. The zero-order chi connectivity index (χ0) is 23.3. The first kappa shape index (κ1) is 23.4. The molecule has 164 valence electrons. The molecule has 3 rings (SSSR count). The van der Waals surface area contributed by atoms with Gasteiger partial charge in [-0.2, -0.15) is 5.26 Å². The SMILES string of the molecule is COC(=O)CN1C(=O)S/C(=C\c2cc(Br)c(OCc3ccc(C#N)cc3)c(OC)c2)C1=O. The lowest BCUT2D eigenvalue weighted by atomic mass is 10.1. The van der Waals surface area contributed by atoms with Gasteiger partial charge < -0.3 is 14.2 Å². The first-order valence-corrected chi connectivity index (χ1v) is 10.8. The summed E-state index contributed by atoms with van der Waals surface area (Å²) in [5.74, 6) is -0.357. The monoisotopic (exact) mass is 516 g/mol. The van der Waals surface area contributed by atoms with Gasteiger partial charge in [0.25, 0.3) is 11.1 Å². The van der Waals surface area contributed by atoms with Crippen molar-refractivity contribution in [2.45, 2.75) is 6.61 Å². The lowest BCUT2D eigenvalue weighted by molar-refractivity contribution is -0.143. The number of rotatable bonds is 7. The molecule has 2 aromatic carbocycles. The number of carbonyl (C=O) groups excluding carboxylic acids is 3. The lowest BCUT2D eigenvalue weighted by Gasteiger charge is -2.14. The minimum atomic E-state index is -0.679. The predicted octanol–water partition coefficient (Wildman–Crippen LogP) is 4.12. The van der Waals surface area contributed by atoms with Crippen molar-refractivity contribution in [3.8, 4) is 17.6 Å². The number of halogens is 1. The zero-order valence-electron chi connectivity index (χ0n) is 17.1. The number of nitrogens with zero attached hydrogens (tertiary/aromatic N) is 2. The van der Waals surface area contributed by atoms with Gasteiger partial charge in [0.2, 0.25) is 0 Å². The predicted molar refractivity (Wildman–Crippen MR) is 121 cm³/mol. The van der Waals surface area contributed by atoms with E-state index in [-0.39, 0.29) is 11.5 Å². The number of ether oxygens (including phenoxy) is 3. The third-order valence-electron chi connectivity index (χ3n) is 4.40. The van der Waals surface area contributed by atoms with Crippen LogP contribution in [0.1, 0.15) is 16.7 Å². The number of nitriles is 1. The van der Waals surface area contributed by atoms with Crippen molar-refractivity contribution in [1.82, 2.24) is 4.90 Å². The summed E-state index contributed by atoms with van der Waals surface area (Å²) in [4.78, 5) is 37.0. The highest BCUT2D eigenvalue weighted by molar-refractivity contribution is 9.10. The highest BCUT2D eigenvalue weighted by atomic mass is 79.9. The molecule has 1 aliphatic rings. The Hall–Kier alpha value is -3.29. The van der Waals surface area contributed by atoms with Crippen molar-refractivity contribution < 1.29 is 28.6 Å². The van der Waals surface area contributed by atoms with Crippen molar-refractivity contribution in [1.29, 1.82) is 5.26 Å². The van der Waals surface area contributed by atoms with E-state index in [1.807, 2.05) is 0 Å². The van der Waals surface area contributed by atoms with Gasteiger partial charge in [-0.25, -0.2) is 0 Å². The highest BCUT2D eigenvalue weighted by Crippen LogP contribution is 2.39. The van der Waals surface area contributed by atoms with Crippen LogP contribution in [0, 0.1) is 11.3 Å². The lowest BCUT2D eigenvalue weighted by Crippen LogP contribution is -2.34. The van der Waals surface area contributed by atoms with E-state index in [9.17, 15) is 14.4 Å². The average molecular weight is 517 g/mol. The Morgan fingerprint density at radius 2 is 1.94 bits per heavy atom. The summed E-state index contributed by atoms with van der Waals surface area (Å²) in [7, 11) is 2.68. The number of hydrogen-bond acceptors (Lipinski definition) is 8. The molecule has 0 bridgehead atoms. The summed E-state index contributed by atoms with van der Waals surface area (Å²) in [6.07, 6.45) is 1.54. The molecular weight excluding hydrogens is 500 g/mol. The summed E-state index contributed by atoms with van der Waals surface area (Å²) >= 11 is 4.20. The Morgan fingerprint density at radius 1 is 1.22 bits per heavy atom. The van der Waals surface area contributed by atoms with Crippen molar-refractivity contribution >= 4 is 50.9 Å². The molecular formula is C22H17BrN2O6S. The second-order valence-corrected chi connectivity index (χ2v) is 8.32. The maximum Gasteiger partial charge on any atom is 0.325 e. The van der Waals surface area contributed by atoms with Crippen LogP contribution in [0.2, 0.25) is 0 Å². The molecule has 0 unspecified atom stereocenters. The van der Waals surface area contributed by atoms with Crippen molar-refractivity contribution in [3.63, 3.8) is 0 Å². The molecule has 0 aromatic heterocycles. The summed E-state index contributed by atoms with van der Waals surface area (Å²) in [6.45, 7) is -0.180. The van der Waals surface area contributed by atoms with E-state index in [1.165, 1.54) is 14.2 Å². The van der Waals surface area contributed by atoms with E-state index >= 15 is 0 Å². The second-order valence-electron chi connectivity index (χ2n) is 6.48. The number of carbonyl (C=O) groups is 3. The van der Waals surface area contributed by atoms with Gasteiger partial charge in [0.1, 0.15) is 13.2 Å². The number of hydrogen-bond donors (Lipinski definition) is 0. The normalized spacial score (nSPS) is 14.4. The van der Waals surface area contributed by atoms with Crippen LogP contribution in [0.15, 0.2) is 45.8 Å². The molecule has 8 nitrogen and oxygen atoms in total. The maximum absolute atomic E-state index is 12.5. The largest absolute Gasteiger partial charge is 0.493 e. The Morgan fingerprint density at radius 3 is 2.56 bits per heavy atom. The summed E-state index contributed by atoms with van der Waals surface area (Å²) < 4.78 is 16.4. The molecule has 0 aliphatic carbocycles. The van der Waals surface area contributed by atoms with Crippen LogP contribution in [0.4, 0.5) is 4.79 Å². The number of benzene rings is 2. The molecule has 0 spiro atoms. The van der Waals surface area contributed by atoms with Crippen LogP contribution in [-0.2, 0) is 20.9 Å².